The first-order valence-corrected chi connectivity index (χ1v) is 8.52. The second-order valence-electron chi connectivity index (χ2n) is 6.29. The number of fused-ring (bicyclic) bond motifs is 1. The highest BCUT2D eigenvalue weighted by Crippen LogP contribution is 2.34. The van der Waals surface area contributed by atoms with Crippen LogP contribution in [0.3, 0.4) is 0 Å². The molecule has 0 fully saturated rings. The molecule has 140 valence electrons. The molecule has 4 aromatic rings. The maximum Gasteiger partial charge on any atom is 0.349 e. The summed E-state index contributed by atoms with van der Waals surface area (Å²) in [5.74, 6) is 0.481. The molecule has 2 aromatic carbocycles. The number of aromatic hydroxyl groups is 1. The molecular formula is C21H17N3O4. The predicted octanol–water partition coefficient (Wildman–Crippen LogP) is 3.52. The fourth-order valence-corrected chi connectivity index (χ4v) is 3.08. The first-order chi connectivity index (χ1) is 13.5. The quantitative estimate of drug-likeness (QED) is 0.527. The average molecular weight is 375 g/mol. The lowest BCUT2D eigenvalue weighted by atomic mass is 10.0. The number of rotatable bonds is 3. The van der Waals surface area contributed by atoms with Gasteiger partial charge < -0.3 is 20.0 Å². The molecule has 2 aromatic heterocycles. The topological polar surface area (TPSA) is 111 Å². The van der Waals surface area contributed by atoms with Crippen LogP contribution in [0.4, 0.5) is 5.95 Å². The van der Waals surface area contributed by atoms with Gasteiger partial charge in [0.25, 0.3) is 0 Å². The third-order valence-electron chi connectivity index (χ3n) is 4.49. The summed E-state index contributed by atoms with van der Waals surface area (Å²) in [7, 11) is 1.58. The number of nitrogens with two attached hydrogens (primary N) is 1. The number of benzene rings is 2. The van der Waals surface area contributed by atoms with Crippen LogP contribution in [0.25, 0.3) is 33.5 Å². The van der Waals surface area contributed by atoms with Crippen molar-refractivity contribution in [2.75, 3.05) is 12.8 Å². The predicted molar refractivity (Wildman–Crippen MR) is 106 cm³/mol. The van der Waals surface area contributed by atoms with Crippen LogP contribution in [0, 0.1) is 6.92 Å². The molecule has 0 atom stereocenters. The van der Waals surface area contributed by atoms with Crippen molar-refractivity contribution in [3.8, 4) is 34.0 Å². The van der Waals surface area contributed by atoms with Crippen molar-refractivity contribution in [1.29, 1.82) is 0 Å². The van der Waals surface area contributed by atoms with Crippen molar-refractivity contribution in [1.82, 2.24) is 9.97 Å². The molecule has 7 nitrogen and oxygen atoms in total. The van der Waals surface area contributed by atoms with E-state index in [4.69, 9.17) is 14.9 Å². The van der Waals surface area contributed by atoms with Crippen LogP contribution >= 0.6 is 0 Å². The Bertz CT molecular complexity index is 1250. The number of hydrogen-bond donors (Lipinski definition) is 2. The van der Waals surface area contributed by atoms with E-state index >= 15 is 0 Å². The number of nitrogen functional groups attached to an aromatic ring is 1. The minimum atomic E-state index is -0.696. The zero-order valence-corrected chi connectivity index (χ0v) is 15.3. The lowest BCUT2D eigenvalue weighted by Gasteiger charge is -2.09. The molecule has 0 aliphatic heterocycles. The van der Waals surface area contributed by atoms with Gasteiger partial charge >= 0.3 is 5.63 Å². The fourth-order valence-electron chi connectivity index (χ4n) is 3.08. The summed E-state index contributed by atoms with van der Waals surface area (Å²) in [6.45, 7) is 1.80. The summed E-state index contributed by atoms with van der Waals surface area (Å²) in [6.07, 6.45) is 0. The number of hydrogen-bond acceptors (Lipinski definition) is 7. The highest BCUT2D eigenvalue weighted by Gasteiger charge is 2.19. The van der Waals surface area contributed by atoms with Crippen molar-refractivity contribution in [2.45, 2.75) is 6.92 Å². The Morgan fingerprint density at radius 1 is 1.07 bits per heavy atom. The van der Waals surface area contributed by atoms with Crippen LogP contribution < -0.4 is 16.1 Å². The zero-order chi connectivity index (χ0) is 19.8. The molecule has 0 amide bonds. The minimum absolute atomic E-state index is 0.0218. The molecule has 7 heteroatoms. The van der Waals surface area contributed by atoms with Gasteiger partial charge in [-0.05, 0) is 48.9 Å². The van der Waals surface area contributed by atoms with Gasteiger partial charge in [-0.15, -0.1) is 0 Å². The van der Waals surface area contributed by atoms with Crippen molar-refractivity contribution in [2.24, 2.45) is 0 Å². The van der Waals surface area contributed by atoms with E-state index in [1.54, 1.807) is 50.4 Å². The van der Waals surface area contributed by atoms with Gasteiger partial charge in [-0.25, -0.2) is 14.8 Å². The van der Waals surface area contributed by atoms with Crippen molar-refractivity contribution in [3.63, 3.8) is 0 Å². The molecule has 0 spiro atoms. The number of aromatic nitrogens is 2. The van der Waals surface area contributed by atoms with Gasteiger partial charge in [0.1, 0.15) is 22.6 Å². The van der Waals surface area contributed by atoms with Gasteiger partial charge in [-0.3, -0.25) is 0 Å². The molecule has 3 N–H and O–H groups in total. The Hall–Kier alpha value is -3.87. The van der Waals surface area contributed by atoms with Gasteiger partial charge in [-0.1, -0.05) is 12.1 Å². The SMILES string of the molecule is COc1ccc(-c2cc(-c3c(O)c4cccc(C)c4oc3=O)nc(N)n2)cc1. The molecule has 0 unspecified atom stereocenters. The maximum absolute atomic E-state index is 12.6. The zero-order valence-electron chi connectivity index (χ0n) is 15.3. The average Bonchev–Trinajstić information content (AvgIpc) is 2.69. The van der Waals surface area contributed by atoms with Crippen LogP contribution in [-0.2, 0) is 0 Å². The van der Waals surface area contributed by atoms with Gasteiger partial charge in [0.05, 0.1) is 23.9 Å². The normalized spacial score (nSPS) is 10.9. The Morgan fingerprint density at radius 3 is 2.50 bits per heavy atom. The van der Waals surface area contributed by atoms with Crippen LogP contribution in [0.1, 0.15) is 5.56 Å². The second-order valence-corrected chi connectivity index (χ2v) is 6.29. The number of methoxy groups -OCH3 is 1. The Balaban J connectivity index is 1.92. The van der Waals surface area contributed by atoms with Crippen molar-refractivity contribution >= 4 is 16.9 Å². The number of aryl methyl sites for hydroxylation is 1. The number of anilines is 1. The molecule has 28 heavy (non-hydrogen) atoms. The van der Waals surface area contributed by atoms with E-state index in [2.05, 4.69) is 9.97 Å². The summed E-state index contributed by atoms with van der Waals surface area (Å²) in [5.41, 5.74) is 7.66. The summed E-state index contributed by atoms with van der Waals surface area (Å²) in [4.78, 5) is 21.0. The van der Waals surface area contributed by atoms with E-state index in [9.17, 15) is 9.90 Å². The minimum Gasteiger partial charge on any atom is -0.506 e. The van der Waals surface area contributed by atoms with Crippen LogP contribution in [-0.4, -0.2) is 22.2 Å². The summed E-state index contributed by atoms with van der Waals surface area (Å²) in [6, 6.07) is 14.1. The summed E-state index contributed by atoms with van der Waals surface area (Å²) < 4.78 is 10.6. The number of para-hydroxylation sites is 1. The molecule has 2 heterocycles. The van der Waals surface area contributed by atoms with Crippen LogP contribution in [0.15, 0.2) is 57.7 Å². The molecule has 0 aliphatic carbocycles. The number of ether oxygens (including phenoxy) is 1. The largest absolute Gasteiger partial charge is 0.506 e. The van der Waals surface area contributed by atoms with E-state index in [1.165, 1.54) is 0 Å². The van der Waals surface area contributed by atoms with Crippen molar-refractivity contribution in [3.05, 3.63) is 64.5 Å². The van der Waals surface area contributed by atoms with Crippen LogP contribution in [0.2, 0.25) is 0 Å². The molecule has 0 aliphatic rings. The van der Waals surface area contributed by atoms with E-state index < -0.39 is 5.63 Å². The lowest BCUT2D eigenvalue weighted by Crippen LogP contribution is -2.07. The molecule has 4 rings (SSSR count). The number of nitrogens with zero attached hydrogens (tertiary/aromatic N) is 2. The van der Waals surface area contributed by atoms with Crippen molar-refractivity contribution < 1.29 is 14.3 Å². The third kappa shape index (κ3) is 2.92. The second kappa shape index (κ2) is 6.70. The molecular weight excluding hydrogens is 358 g/mol. The third-order valence-corrected chi connectivity index (χ3v) is 4.49. The Labute approximate surface area is 160 Å². The van der Waals surface area contributed by atoms with Gasteiger partial charge in [-0.2, -0.15) is 0 Å². The Morgan fingerprint density at radius 2 is 1.79 bits per heavy atom. The van der Waals surface area contributed by atoms with Gasteiger partial charge in [0.15, 0.2) is 0 Å². The molecule has 0 saturated carbocycles. The first kappa shape index (κ1) is 17.5. The van der Waals surface area contributed by atoms with Gasteiger partial charge in [0.2, 0.25) is 5.95 Å². The first-order valence-electron chi connectivity index (χ1n) is 8.52. The van der Waals surface area contributed by atoms with E-state index in [1.807, 2.05) is 12.1 Å². The monoisotopic (exact) mass is 375 g/mol. The van der Waals surface area contributed by atoms with Crippen LogP contribution in [0.5, 0.6) is 11.5 Å². The smallest absolute Gasteiger partial charge is 0.349 e. The fraction of sp³-hybridized carbons (Fsp3) is 0.0952. The molecule has 0 bridgehead atoms. The summed E-state index contributed by atoms with van der Waals surface area (Å²) in [5, 5.41) is 11.2. The van der Waals surface area contributed by atoms with E-state index in [-0.39, 0.29) is 23.0 Å². The summed E-state index contributed by atoms with van der Waals surface area (Å²) >= 11 is 0. The standard InChI is InChI=1S/C21H17N3O4/c1-11-4-3-5-14-18(25)17(20(26)28-19(11)14)16-10-15(23-21(22)24-16)12-6-8-13(27-2)9-7-12/h3-10,25H,1-2H3,(H2,22,23,24). The Kier molecular flexibility index (Phi) is 4.19. The lowest BCUT2D eigenvalue weighted by molar-refractivity contribution is 0.415. The molecule has 0 radical (unpaired) electrons. The molecule has 0 saturated heterocycles. The highest BCUT2D eigenvalue weighted by atomic mass is 16.5. The van der Waals surface area contributed by atoms with Gasteiger partial charge in [0, 0.05) is 5.56 Å². The highest BCUT2D eigenvalue weighted by molar-refractivity contribution is 5.91. The van der Waals surface area contributed by atoms with E-state index in [0.717, 1.165) is 11.1 Å². The maximum atomic E-state index is 12.6. The van der Waals surface area contributed by atoms with E-state index in [0.29, 0.717) is 22.4 Å².